The number of hydrogen-bond acceptors (Lipinski definition) is 3. The van der Waals surface area contributed by atoms with Gasteiger partial charge in [0.15, 0.2) is 0 Å². The molecule has 18 heavy (non-hydrogen) atoms. The van der Waals surface area contributed by atoms with E-state index in [1.807, 2.05) is 43.3 Å². The van der Waals surface area contributed by atoms with Gasteiger partial charge in [-0.1, -0.05) is 12.1 Å². The van der Waals surface area contributed by atoms with Crippen LogP contribution in [-0.2, 0) is 0 Å². The van der Waals surface area contributed by atoms with E-state index in [0.29, 0.717) is 0 Å². The van der Waals surface area contributed by atoms with Crippen LogP contribution in [-0.4, -0.2) is 7.11 Å². The van der Waals surface area contributed by atoms with Gasteiger partial charge in [0.1, 0.15) is 5.75 Å². The van der Waals surface area contributed by atoms with E-state index in [-0.39, 0.29) is 0 Å². The van der Waals surface area contributed by atoms with Crippen LogP contribution in [0.5, 0.6) is 5.75 Å². The van der Waals surface area contributed by atoms with Gasteiger partial charge in [-0.25, -0.2) is 0 Å². The first kappa shape index (κ1) is 12.8. The molecule has 0 heterocycles. The van der Waals surface area contributed by atoms with E-state index < -0.39 is 0 Å². The van der Waals surface area contributed by atoms with Crippen LogP contribution >= 0.6 is 15.9 Å². The standard InChI is InChI=1S/C14H15BrN2O/c1-9-4-3-5-12(16)14(9)17-13-8-10(18-2)6-7-11(13)15/h3-8,17H,16H2,1-2H3. The van der Waals surface area contributed by atoms with E-state index in [0.717, 1.165) is 32.8 Å². The highest BCUT2D eigenvalue weighted by Crippen LogP contribution is 2.33. The summed E-state index contributed by atoms with van der Waals surface area (Å²) in [5.41, 5.74) is 9.66. The Bertz CT molecular complexity index is 549. The third-order valence-corrected chi connectivity index (χ3v) is 3.43. The highest BCUT2D eigenvalue weighted by Gasteiger charge is 2.07. The maximum atomic E-state index is 5.98. The largest absolute Gasteiger partial charge is 0.497 e. The molecule has 0 aromatic heterocycles. The van der Waals surface area contributed by atoms with Crippen molar-refractivity contribution >= 4 is 33.0 Å². The summed E-state index contributed by atoms with van der Waals surface area (Å²) in [5.74, 6) is 0.799. The van der Waals surface area contributed by atoms with Gasteiger partial charge in [-0.05, 0) is 46.6 Å². The Morgan fingerprint density at radius 1 is 1.22 bits per heavy atom. The van der Waals surface area contributed by atoms with Gasteiger partial charge in [-0.2, -0.15) is 0 Å². The minimum atomic E-state index is 0.727. The SMILES string of the molecule is COc1ccc(Br)c(Nc2c(C)cccc2N)c1. The van der Waals surface area contributed by atoms with Crippen LogP contribution in [0.2, 0.25) is 0 Å². The molecule has 0 bridgehead atoms. The lowest BCUT2D eigenvalue weighted by Gasteiger charge is -2.14. The lowest BCUT2D eigenvalue weighted by atomic mass is 10.1. The van der Waals surface area contributed by atoms with Crippen LogP contribution in [0.15, 0.2) is 40.9 Å². The van der Waals surface area contributed by atoms with Crippen molar-refractivity contribution in [2.45, 2.75) is 6.92 Å². The monoisotopic (exact) mass is 306 g/mol. The Labute approximate surface area is 115 Å². The third kappa shape index (κ3) is 2.59. The van der Waals surface area contributed by atoms with Crippen molar-refractivity contribution in [1.82, 2.24) is 0 Å². The summed E-state index contributed by atoms with van der Waals surface area (Å²) in [6, 6.07) is 11.6. The van der Waals surface area contributed by atoms with E-state index in [2.05, 4.69) is 21.2 Å². The lowest BCUT2D eigenvalue weighted by molar-refractivity contribution is 0.415. The number of halogens is 1. The molecule has 3 N–H and O–H groups in total. The van der Waals surface area contributed by atoms with Gasteiger partial charge in [0.05, 0.1) is 24.2 Å². The first-order valence-electron chi connectivity index (χ1n) is 5.57. The summed E-state index contributed by atoms with van der Waals surface area (Å²) >= 11 is 3.51. The molecule has 0 spiro atoms. The molecule has 0 fully saturated rings. The Hall–Kier alpha value is -1.68. The molecule has 2 rings (SSSR count). The van der Waals surface area contributed by atoms with Crippen molar-refractivity contribution in [1.29, 1.82) is 0 Å². The summed E-state index contributed by atoms with van der Waals surface area (Å²) in [5, 5.41) is 3.33. The zero-order valence-electron chi connectivity index (χ0n) is 10.3. The van der Waals surface area contributed by atoms with Crippen molar-refractivity contribution in [3.05, 3.63) is 46.4 Å². The molecule has 0 saturated heterocycles. The first-order chi connectivity index (χ1) is 8.61. The molecule has 0 aliphatic rings. The molecule has 0 aliphatic heterocycles. The zero-order valence-corrected chi connectivity index (χ0v) is 11.9. The fourth-order valence-corrected chi connectivity index (χ4v) is 2.07. The molecule has 0 radical (unpaired) electrons. The molecule has 0 amide bonds. The van der Waals surface area contributed by atoms with Crippen molar-refractivity contribution in [3.63, 3.8) is 0 Å². The normalized spacial score (nSPS) is 10.2. The number of methoxy groups -OCH3 is 1. The molecule has 4 heteroatoms. The minimum absolute atomic E-state index is 0.727. The van der Waals surface area contributed by atoms with Crippen molar-refractivity contribution in [2.24, 2.45) is 0 Å². The summed E-state index contributed by atoms with van der Waals surface area (Å²) < 4.78 is 6.18. The summed E-state index contributed by atoms with van der Waals surface area (Å²) in [6.45, 7) is 2.02. The van der Waals surface area contributed by atoms with Crippen LogP contribution in [0.1, 0.15) is 5.56 Å². The number of nitrogens with one attached hydrogen (secondary N) is 1. The van der Waals surface area contributed by atoms with E-state index in [1.165, 1.54) is 0 Å². The Morgan fingerprint density at radius 3 is 2.67 bits per heavy atom. The number of para-hydroxylation sites is 1. The van der Waals surface area contributed by atoms with Gasteiger partial charge >= 0.3 is 0 Å². The number of nitrogen functional groups attached to an aromatic ring is 1. The van der Waals surface area contributed by atoms with Gasteiger partial charge < -0.3 is 15.8 Å². The number of ether oxygens (including phenoxy) is 1. The number of benzene rings is 2. The smallest absolute Gasteiger partial charge is 0.121 e. The average molecular weight is 307 g/mol. The molecule has 94 valence electrons. The number of aryl methyl sites for hydroxylation is 1. The highest BCUT2D eigenvalue weighted by atomic mass is 79.9. The fourth-order valence-electron chi connectivity index (χ4n) is 1.72. The summed E-state index contributed by atoms with van der Waals surface area (Å²) in [6.07, 6.45) is 0. The lowest BCUT2D eigenvalue weighted by Crippen LogP contribution is -1.99. The quantitative estimate of drug-likeness (QED) is 0.840. The van der Waals surface area contributed by atoms with Crippen LogP contribution in [0.3, 0.4) is 0 Å². The number of anilines is 3. The third-order valence-electron chi connectivity index (χ3n) is 2.74. The molecule has 0 atom stereocenters. The van der Waals surface area contributed by atoms with Gasteiger partial charge in [0, 0.05) is 10.5 Å². The van der Waals surface area contributed by atoms with E-state index in [9.17, 15) is 0 Å². The summed E-state index contributed by atoms with van der Waals surface area (Å²) in [4.78, 5) is 0. The molecule has 2 aromatic rings. The maximum Gasteiger partial charge on any atom is 0.121 e. The Morgan fingerprint density at radius 2 is 2.00 bits per heavy atom. The van der Waals surface area contributed by atoms with Crippen molar-refractivity contribution < 1.29 is 4.74 Å². The van der Waals surface area contributed by atoms with Crippen molar-refractivity contribution in [3.8, 4) is 5.75 Å². The van der Waals surface area contributed by atoms with Crippen LogP contribution < -0.4 is 15.8 Å². The predicted octanol–water partition coefficient (Wildman–Crippen LogP) is 4.09. The van der Waals surface area contributed by atoms with Crippen LogP contribution in [0.25, 0.3) is 0 Å². The van der Waals surface area contributed by atoms with Gasteiger partial charge in [0.2, 0.25) is 0 Å². The maximum absolute atomic E-state index is 5.98. The molecule has 0 unspecified atom stereocenters. The number of hydrogen-bond donors (Lipinski definition) is 2. The minimum Gasteiger partial charge on any atom is -0.497 e. The molecule has 0 saturated carbocycles. The van der Waals surface area contributed by atoms with Gasteiger partial charge in [-0.15, -0.1) is 0 Å². The predicted molar refractivity (Wildman–Crippen MR) is 79.6 cm³/mol. The van der Waals surface area contributed by atoms with Gasteiger partial charge in [-0.3, -0.25) is 0 Å². The van der Waals surface area contributed by atoms with Crippen LogP contribution in [0, 0.1) is 6.92 Å². The number of rotatable bonds is 3. The Balaban J connectivity index is 2.39. The summed E-state index contributed by atoms with van der Waals surface area (Å²) in [7, 11) is 1.65. The topological polar surface area (TPSA) is 47.3 Å². The molecular formula is C14H15BrN2O. The second kappa shape index (κ2) is 5.31. The average Bonchev–Trinajstić information content (AvgIpc) is 2.36. The van der Waals surface area contributed by atoms with Crippen molar-refractivity contribution in [2.75, 3.05) is 18.2 Å². The van der Waals surface area contributed by atoms with Gasteiger partial charge in [0.25, 0.3) is 0 Å². The Kier molecular flexibility index (Phi) is 3.77. The fraction of sp³-hybridized carbons (Fsp3) is 0.143. The molecular weight excluding hydrogens is 292 g/mol. The molecule has 2 aromatic carbocycles. The van der Waals surface area contributed by atoms with E-state index in [1.54, 1.807) is 7.11 Å². The molecule has 3 nitrogen and oxygen atoms in total. The zero-order chi connectivity index (χ0) is 13.1. The van der Waals surface area contributed by atoms with Crippen LogP contribution in [0.4, 0.5) is 17.1 Å². The second-order valence-electron chi connectivity index (χ2n) is 4.01. The van der Waals surface area contributed by atoms with E-state index in [4.69, 9.17) is 10.5 Å². The number of nitrogens with two attached hydrogens (primary N) is 1. The highest BCUT2D eigenvalue weighted by molar-refractivity contribution is 9.10. The second-order valence-corrected chi connectivity index (χ2v) is 4.86. The first-order valence-corrected chi connectivity index (χ1v) is 6.37. The molecule has 0 aliphatic carbocycles. The van der Waals surface area contributed by atoms with E-state index >= 15 is 0 Å².